The van der Waals surface area contributed by atoms with Crippen LogP contribution in [-0.4, -0.2) is 25.8 Å². The molecule has 0 saturated carbocycles. The van der Waals surface area contributed by atoms with Crippen LogP contribution in [0.4, 0.5) is 5.82 Å². The van der Waals surface area contributed by atoms with Gasteiger partial charge in [-0.05, 0) is 19.1 Å². The van der Waals surface area contributed by atoms with Gasteiger partial charge in [-0.25, -0.2) is 9.78 Å². The minimum absolute atomic E-state index is 0.224. The molecule has 18 heavy (non-hydrogen) atoms. The van der Waals surface area contributed by atoms with Crippen molar-refractivity contribution >= 4 is 11.8 Å². The smallest absolute Gasteiger partial charge is 0.337 e. The van der Waals surface area contributed by atoms with Crippen molar-refractivity contribution in [2.24, 2.45) is 7.05 Å². The molecular weight excluding hydrogens is 232 g/mol. The molecule has 0 bridgehead atoms. The maximum Gasteiger partial charge on any atom is 0.337 e. The number of anilines is 1. The molecule has 0 aliphatic carbocycles. The molecule has 0 atom stereocenters. The van der Waals surface area contributed by atoms with Gasteiger partial charge in [-0.3, -0.25) is 4.68 Å². The lowest BCUT2D eigenvalue weighted by atomic mass is 10.2. The van der Waals surface area contributed by atoms with Crippen LogP contribution in [0.3, 0.4) is 0 Å². The second kappa shape index (κ2) is 4.87. The molecule has 94 valence electrons. The average molecular weight is 246 g/mol. The summed E-state index contributed by atoms with van der Waals surface area (Å²) < 4.78 is 1.73. The van der Waals surface area contributed by atoms with E-state index in [0.29, 0.717) is 18.1 Å². The van der Waals surface area contributed by atoms with E-state index >= 15 is 0 Å². The second-order valence-electron chi connectivity index (χ2n) is 4.01. The number of aromatic nitrogens is 3. The van der Waals surface area contributed by atoms with Crippen molar-refractivity contribution in [3.8, 4) is 0 Å². The number of carbonyl (C=O) groups is 1. The van der Waals surface area contributed by atoms with E-state index in [1.165, 1.54) is 0 Å². The zero-order valence-corrected chi connectivity index (χ0v) is 10.2. The minimum Gasteiger partial charge on any atom is -0.478 e. The Kier molecular flexibility index (Phi) is 3.27. The highest BCUT2D eigenvalue weighted by molar-refractivity contribution is 5.89. The van der Waals surface area contributed by atoms with Gasteiger partial charge in [-0.15, -0.1) is 0 Å². The van der Waals surface area contributed by atoms with Gasteiger partial charge in [-0.1, -0.05) is 0 Å². The number of rotatable bonds is 4. The Balaban J connectivity index is 2.06. The van der Waals surface area contributed by atoms with E-state index in [4.69, 9.17) is 5.11 Å². The monoisotopic (exact) mass is 246 g/mol. The summed E-state index contributed by atoms with van der Waals surface area (Å²) in [5, 5.41) is 16.1. The zero-order chi connectivity index (χ0) is 13.1. The fraction of sp³-hybridized carbons (Fsp3) is 0.250. The zero-order valence-electron chi connectivity index (χ0n) is 10.2. The molecule has 0 unspecified atom stereocenters. The molecule has 6 nitrogen and oxygen atoms in total. The Morgan fingerprint density at radius 3 is 2.83 bits per heavy atom. The number of aryl methyl sites for hydroxylation is 2. The molecule has 2 N–H and O–H groups in total. The van der Waals surface area contributed by atoms with Gasteiger partial charge in [0.1, 0.15) is 5.82 Å². The van der Waals surface area contributed by atoms with Crippen LogP contribution in [0.25, 0.3) is 0 Å². The molecule has 2 aromatic heterocycles. The van der Waals surface area contributed by atoms with Crippen molar-refractivity contribution in [1.82, 2.24) is 14.8 Å². The summed E-state index contributed by atoms with van der Waals surface area (Å²) in [7, 11) is 1.85. The van der Waals surface area contributed by atoms with Crippen LogP contribution in [0.15, 0.2) is 24.5 Å². The van der Waals surface area contributed by atoms with Gasteiger partial charge in [0, 0.05) is 25.4 Å². The van der Waals surface area contributed by atoms with E-state index in [9.17, 15) is 4.79 Å². The van der Waals surface area contributed by atoms with Crippen LogP contribution in [-0.2, 0) is 13.6 Å². The van der Waals surface area contributed by atoms with E-state index in [2.05, 4.69) is 15.4 Å². The van der Waals surface area contributed by atoms with Gasteiger partial charge in [0.15, 0.2) is 0 Å². The SMILES string of the molecule is Cc1nc(NCc2cnn(C)c2)ccc1C(=O)O. The van der Waals surface area contributed by atoms with Gasteiger partial charge in [0.2, 0.25) is 0 Å². The van der Waals surface area contributed by atoms with Gasteiger partial charge in [-0.2, -0.15) is 5.10 Å². The number of nitrogens with zero attached hydrogens (tertiary/aromatic N) is 3. The number of pyridine rings is 1. The van der Waals surface area contributed by atoms with Crippen LogP contribution in [0.5, 0.6) is 0 Å². The molecule has 6 heteroatoms. The van der Waals surface area contributed by atoms with Crippen LogP contribution in [0.1, 0.15) is 21.6 Å². The van der Waals surface area contributed by atoms with Crippen LogP contribution < -0.4 is 5.32 Å². The molecule has 2 aromatic rings. The highest BCUT2D eigenvalue weighted by Crippen LogP contribution is 2.11. The lowest BCUT2D eigenvalue weighted by molar-refractivity contribution is 0.0695. The van der Waals surface area contributed by atoms with Crippen LogP contribution >= 0.6 is 0 Å². The van der Waals surface area contributed by atoms with Crippen LogP contribution in [0.2, 0.25) is 0 Å². The van der Waals surface area contributed by atoms with Crippen molar-refractivity contribution in [1.29, 1.82) is 0 Å². The fourth-order valence-corrected chi connectivity index (χ4v) is 1.64. The molecule has 0 radical (unpaired) electrons. The third-order valence-corrected chi connectivity index (χ3v) is 2.55. The molecule has 0 aliphatic rings. The van der Waals surface area contributed by atoms with Crippen molar-refractivity contribution < 1.29 is 9.90 Å². The maximum absolute atomic E-state index is 10.8. The molecule has 0 aliphatic heterocycles. The Morgan fingerprint density at radius 2 is 2.28 bits per heavy atom. The number of hydrogen-bond acceptors (Lipinski definition) is 4. The van der Waals surface area contributed by atoms with Gasteiger partial charge in [0.25, 0.3) is 0 Å². The summed E-state index contributed by atoms with van der Waals surface area (Å²) in [5.74, 6) is -0.305. The summed E-state index contributed by atoms with van der Waals surface area (Å²) >= 11 is 0. The lowest BCUT2D eigenvalue weighted by Gasteiger charge is -2.06. The van der Waals surface area contributed by atoms with Gasteiger partial charge < -0.3 is 10.4 Å². The normalized spacial score (nSPS) is 10.3. The largest absolute Gasteiger partial charge is 0.478 e. The summed E-state index contributed by atoms with van der Waals surface area (Å²) in [4.78, 5) is 15.0. The molecule has 2 heterocycles. The van der Waals surface area contributed by atoms with E-state index in [1.807, 2.05) is 13.2 Å². The first kappa shape index (κ1) is 12.1. The van der Waals surface area contributed by atoms with Crippen molar-refractivity contribution in [2.75, 3.05) is 5.32 Å². The molecule has 0 aromatic carbocycles. The number of hydrogen-bond donors (Lipinski definition) is 2. The first-order valence-corrected chi connectivity index (χ1v) is 5.48. The quantitative estimate of drug-likeness (QED) is 0.853. The van der Waals surface area contributed by atoms with Gasteiger partial charge in [0.05, 0.1) is 17.5 Å². The van der Waals surface area contributed by atoms with Crippen molar-refractivity contribution in [3.05, 3.63) is 41.3 Å². The van der Waals surface area contributed by atoms with E-state index in [-0.39, 0.29) is 5.56 Å². The summed E-state index contributed by atoms with van der Waals surface area (Å²) in [5.41, 5.74) is 1.76. The summed E-state index contributed by atoms with van der Waals surface area (Å²) in [6, 6.07) is 3.21. The predicted octanol–water partition coefficient (Wildman–Crippen LogP) is 1.43. The topological polar surface area (TPSA) is 80.0 Å². The fourth-order valence-electron chi connectivity index (χ4n) is 1.64. The Hall–Kier alpha value is -2.37. The predicted molar refractivity (Wildman–Crippen MR) is 66.5 cm³/mol. The highest BCUT2D eigenvalue weighted by atomic mass is 16.4. The Morgan fingerprint density at radius 1 is 1.50 bits per heavy atom. The number of nitrogens with one attached hydrogen (secondary N) is 1. The molecule has 0 spiro atoms. The first-order valence-electron chi connectivity index (χ1n) is 5.48. The molecule has 0 fully saturated rings. The standard InChI is InChI=1S/C12H14N4O2/c1-8-10(12(17)18)3-4-11(15-8)13-5-9-6-14-16(2)7-9/h3-4,6-7H,5H2,1-2H3,(H,13,15)(H,17,18). The Bertz CT molecular complexity index is 577. The first-order chi connectivity index (χ1) is 8.56. The average Bonchev–Trinajstić information content (AvgIpc) is 2.72. The highest BCUT2D eigenvalue weighted by Gasteiger charge is 2.08. The van der Waals surface area contributed by atoms with Crippen molar-refractivity contribution in [2.45, 2.75) is 13.5 Å². The minimum atomic E-state index is -0.959. The maximum atomic E-state index is 10.8. The number of carboxylic acid groups (broad SMARTS) is 1. The summed E-state index contributed by atoms with van der Waals surface area (Å²) in [6.07, 6.45) is 3.68. The Labute approximate surface area is 104 Å². The van der Waals surface area contributed by atoms with Crippen LogP contribution in [0, 0.1) is 6.92 Å². The molecule has 2 rings (SSSR count). The lowest BCUT2D eigenvalue weighted by Crippen LogP contribution is -2.05. The number of carboxylic acids is 1. The second-order valence-corrected chi connectivity index (χ2v) is 4.01. The third kappa shape index (κ3) is 2.65. The van der Waals surface area contributed by atoms with E-state index in [1.54, 1.807) is 29.9 Å². The molecule has 0 amide bonds. The summed E-state index contributed by atoms with van der Waals surface area (Å²) in [6.45, 7) is 2.28. The van der Waals surface area contributed by atoms with E-state index < -0.39 is 5.97 Å². The molecular formula is C12H14N4O2. The molecule has 0 saturated heterocycles. The van der Waals surface area contributed by atoms with Gasteiger partial charge >= 0.3 is 5.97 Å². The van der Waals surface area contributed by atoms with E-state index in [0.717, 1.165) is 5.56 Å². The van der Waals surface area contributed by atoms with Crippen molar-refractivity contribution in [3.63, 3.8) is 0 Å². The third-order valence-electron chi connectivity index (χ3n) is 2.55. The number of aromatic carboxylic acids is 1.